The molecule has 1 aromatic rings. The third-order valence-corrected chi connectivity index (χ3v) is 2.20. The predicted octanol–water partition coefficient (Wildman–Crippen LogP) is 1.53. The van der Waals surface area contributed by atoms with E-state index in [2.05, 4.69) is 11.4 Å². The molecule has 3 N–H and O–H groups in total. The summed E-state index contributed by atoms with van der Waals surface area (Å²) in [4.78, 5) is 1.17. The van der Waals surface area contributed by atoms with Crippen LogP contribution in [-0.2, 0) is 6.42 Å². The lowest BCUT2D eigenvalue weighted by Crippen LogP contribution is -2.11. The molecular formula is C7H10N2S. The molecule has 0 atom stereocenters. The van der Waals surface area contributed by atoms with Gasteiger partial charge in [-0.1, -0.05) is 0 Å². The van der Waals surface area contributed by atoms with E-state index in [0.29, 0.717) is 6.42 Å². The Labute approximate surface area is 64.2 Å². The lowest BCUT2D eigenvalue weighted by molar-refractivity contribution is 1.28. The maximum atomic E-state index is 7.03. The zero-order valence-electron chi connectivity index (χ0n) is 5.85. The van der Waals surface area contributed by atoms with E-state index in [4.69, 9.17) is 11.1 Å². The Morgan fingerprint density at radius 2 is 2.50 bits per heavy atom. The number of nitrogens with two attached hydrogens (primary N) is 1. The zero-order chi connectivity index (χ0) is 7.56. The molecule has 1 rings (SSSR count). The average Bonchev–Trinajstić information content (AvgIpc) is 2.13. The Bertz CT molecular complexity index is 240. The highest BCUT2D eigenvalue weighted by Gasteiger charge is 1.96. The first-order chi connectivity index (χ1) is 4.68. The third kappa shape index (κ3) is 1.84. The van der Waals surface area contributed by atoms with Gasteiger partial charge < -0.3 is 5.73 Å². The molecule has 3 heteroatoms. The van der Waals surface area contributed by atoms with Crippen LogP contribution in [0.3, 0.4) is 0 Å². The number of aryl methyl sites for hydroxylation is 1. The Morgan fingerprint density at radius 1 is 1.80 bits per heavy atom. The zero-order valence-corrected chi connectivity index (χ0v) is 6.66. The molecule has 0 saturated heterocycles. The van der Waals surface area contributed by atoms with E-state index in [1.807, 2.05) is 6.92 Å². The van der Waals surface area contributed by atoms with Crippen LogP contribution in [-0.4, -0.2) is 5.84 Å². The van der Waals surface area contributed by atoms with Crippen LogP contribution in [0.15, 0.2) is 11.4 Å². The van der Waals surface area contributed by atoms with E-state index in [0.717, 1.165) is 0 Å². The van der Waals surface area contributed by atoms with E-state index >= 15 is 0 Å². The number of thiophene rings is 1. The van der Waals surface area contributed by atoms with Crippen molar-refractivity contribution < 1.29 is 0 Å². The molecule has 0 aliphatic heterocycles. The van der Waals surface area contributed by atoms with Gasteiger partial charge in [0.05, 0.1) is 5.84 Å². The lowest BCUT2D eigenvalue weighted by Gasteiger charge is -1.90. The summed E-state index contributed by atoms with van der Waals surface area (Å²) in [6.45, 7) is 2.04. The molecule has 0 aliphatic rings. The quantitative estimate of drug-likeness (QED) is 0.492. The summed E-state index contributed by atoms with van der Waals surface area (Å²) in [5, 5.41) is 9.09. The van der Waals surface area contributed by atoms with Gasteiger partial charge in [0.2, 0.25) is 0 Å². The molecule has 54 valence electrons. The molecule has 0 amide bonds. The van der Waals surface area contributed by atoms with Crippen LogP contribution >= 0.6 is 11.3 Å². The second-order valence-corrected chi connectivity index (χ2v) is 3.29. The standard InChI is InChI=1S/C7H10N2S/c1-5-2-6(10-4-5)3-7(8)9/h2,4H,3H2,1H3,(H3,8,9). The smallest absolute Gasteiger partial charge is 0.0958 e. The maximum absolute atomic E-state index is 7.03. The minimum Gasteiger partial charge on any atom is -0.387 e. The van der Waals surface area contributed by atoms with Gasteiger partial charge in [-0.3, -0.25) is 5.41 Å². The van der Waals surface area contributed by atoms with Gasteiger partial charge in [0.1, 0.15) is 0 Å². The van der Waals surface area contributed by atoms with Crippen molar-refractivity contribution in [3.63, 3.8) is 0 Å². The molecule has 0 saturated carbocycles. The molecule has 0 spiro atoms. The molecule has 1 aromatic heterocycles. The van der Waals surface area contributed by atoms with Gasteiger partial charge in [-0.15, -0.1) is 11.3 Å². The molecule has 0 aromatic carbocycles. The first kappa shape index (κ1) is 7.28. The van der Waals surface area contributed by atoms with E-state index in [1.54, 1.807) is 11.3 Å². The summed E-state index contributed by atoms with van der Waals surface area (Å²) < 4.78 is 0. The van der Waals surface area contributed by atoms with Gasteiger partial charge >= 0.3 is 0 Å². The topological polar surface area (TPSA) is 49.9 Å². The van der Waals surface area contributed by atoms with Gasteiger partial charge in [-0.05, 0) is 23.9 Å². The molecule has 1 heterocycles. The van der Waals surface area contributed by atoms with Crippen molar-refractivity contribution in [2.45, 2.75) is 13.3 Å². The summed E-state index contributed by atoms with van der Waals surface area (Å²) in [6.07, 6.45) is 0.596. The van der Waals surface area contributed by atoms with Crippen LogP contribution in [0.4, 0.5) is 0 Å². The monoisotopic (exact) mass is 154 g/mol. The maximum Gasteiger partial charge on any atom is 0.0958 e. The van der Waals surface area contributed by atoms with E-state index in [-0.39, 0.29) is 5.84 Å². The lowest BCUT2D eigenvalue weighted by atomic mass is 10.3. The van der Waals surface area contributed by atoms with Crippen molar-refractivity contribution in [3.05, 3.63) is 21.9 Å². The van der Waals surface area contributed by atoms with E-state index in [1.165, 1.54) is 10.4 Å². The average molecular weight is 154 g/mol. The minimum absolute atomic E-state index is 0.238. The second-order valence-electron chi connectivity index (χ2n) is 2.29. The van der Waals surface area contributed by atoms with Crippen molar-refractivity contribution in [2.75, 3.05) is 0 Å². The summed E-state index contributed by atoms with van der Waals surface area (Å²) >= 11 is 1.66. The highest BCUT2D eigenvalue weighted by Crippen LogP contribution is 2.13. The van der Waals surface area contributed by atoms with E-state index in [9.17, 15) is 0 Å². The number of amidine groups is 1. The highest BCUT2D eigenvalue weighted by atomic mass is 32.1. The van der Waals surface area contributed by atoms with Crippen molar-refractivity contribution in [3.8, 4) is 0 Å². The second kappa shape index (κ2) is 2.84. The Kier molecular flexibility index (Phi) is 2.06. The predicted molar refractivity (Wildman–Crippen MR) is 44.7 cm³/mol. The van der Waals surface area contributed by atoms with Crippen molar-refractivity contribution in [1.82, 2.24) is 0 Å². The van der Waals surface area contributed by atoms with Crippen LogP contribution in [0.5, 0.6) is 0 Å². The molecule has 0 fully saturated rings. The van der Waals surface area contributed by atoms with Crippen molar-refractivity contribution >= 4 is 17.2 Å². The Morgan fingerprint density at radius 3 is 2.90 bits per heavy atom. The first-order valence-electron chi connectivity index (χ1n) is 3.05. The van der Waals surface area contributed by atoms with Crippen molar-refractivity contribution in [2.24, 2.45) is 5.73 Å². The van der Waals surface area contributed by atoms with Gasteiger partial charge in [-0.2, -0.15) is 0 Å². The van der Waals surface area contributed by atoms with Gasteiger partial charge in [0, 0.05) is 11.3 Å². The number of hydrogen-bond donors (Lipinski definition) is 2. The Balaban J connectivity index is 2.67. The van der Waals surface area contributed by atoms with Gasteiger partial charge in [-0.25, -0.2) is 0 Å². The minimum atomic E-state index is 0.238. The molecule has 0 aliphatic carbocycles. The van der Waals surface area contributed by atoms with Crippen molar-refractivity contribution in [1.29, 1.82) is 5.41 Å². The van der Waals surface area contributed by atoms with Crippen LogP contribution < -0.4 is 5.73 Å². The Hall–Kier alpha value is -0.830. The molecule has 0 bridgehead atoms. The van der Waals surface area contributed by atoms with Gasteiger partial charge in [0.15, 0.2) is 0 Å². The number of hydrogen-bond acceptors (Lipinski definition) is 2. The van der Waals surface area contributed by atoms with Crippen LogP contribution in [0.2, 0.25) is 0 Å². The van der Waals surface area contributed by atoms with Crippen LogP contribution in [0.25, 0.3) is 0 Å². The molecule has 0 radical (unpaired) electrons. The molecule has 2 nitrogen and oxygen atoms in total. The summed E-state index contributed by atoms with van der Waals surface area (Å²) in [5.41, 5.74) is 6.47. The third-order valence-electron chi connectivity index (χ3n) is 1.15. The van der Waals surface area contributed by atoms with Crippen LogP contribution in [0.1, 0.15) is 10.4 Å². The normalized spacial score (nSPS) is 9.70. The first-order valence-corrected chi connectivity index (χ1v) is 3.93. The fourth-order valence-corrected chi connectivity index (χ4v) is 1.67. The largest absolute Gasteiger partial charge is 0.387 e. The fourth-order valence-electron chi connectivity index (χ4n) is 0.771. The SMILES string of the molecule is Cc1csc(CC(=N)N)c1. The van der Waals surface area contributed by atoms with Crippen LogP contribution in [0, 0.1) is 12.3 Å². The molecular weight excluding hydrogens is 144 g/mol. The number of nitrogens with one attached hydrogen (secondary N) is 1. The molecule has 10 heavy (non-hydrogen) atoms. The fraction of sp³-hybridized carbons (Fsp3) is 0.286. The molecule has 0 unspecified atom stereocenters. The highest BCUT2D eigenvalue weighted by molar-refractivity contribution is 7.10. The summed E-state index contributed by atoms with van der Waals surface area (Å²) in [5.74, 6) is 0.238. The summed E-state index contributed by atoms with van der Waals surface area (Å²) in [7, 11) is 0. The summed E-state index contributed by atoms with van der Waals surface area (Å²) in [6, 6.07) is 2.06. The van der Waals surface area contributed by atoms with E-state index < -0.39 is 0 Å². The number of rotatable bonds is 2. The van der Waals surface area contributed by atoms with Gasteiger partial charge in [0.25, 0.3) is 0 Å².